The molecule has 1 aromatic carbocycles. The Morgan fingerprint density at radius 1 is 1.08 bits per heavy atom. The lowest BCUT2D eigenvalue weighted by Gasteiger charge is -2.35. The first-order valence-electron chi connectivity index (χ1n) is 8.21. The topological polar surface area (TPSA) is 43.9 Å². The Morgan fingerprint density at radius 2 is 1.71 bits per heavy atom. The fraction of sp³-hybridized carbons (Fsp3) is 0.529. The van der Waals surface area contributed by atoms with Gasteiger partial charge in [0.05, 0.1) is 22.2 Å². The Balaban J connectivity index is 1.92. The number of rotatable bonds is 5. The normalized spacial score (nSPS) is 15.4. The van der Waals surface area contributed by atoms with E-state index in [1.807, 2.05) is 18.7 Å². The molecule has 0 unspecified atom stereocenters. The lowest BCUT2D eigenvalue weighted by Crippen LogP contribution is -2.51. The number of halogens is 2. The van der Waals surface area contributed by atoms with Crippen molar-refractivity contribution in [2.75, 3.05) is 45.8 Å². The maximum absolute atomic E-state index is 12.6. The van der Waals surface area contributed by atoms with E-state index >= 15 is 0 Å². The molecule has 24 heavy (non-hydrogen) atoms. The number of hydrogen-bond acceptors (Lipinski definition) is 3. The fourth-order valence-electron chi connectivity index (χ4n) is 2.82. The average molecular weight is 372 g/mol. The van der Waals surface area contributed by atoms with Crippen molar-refractivity contribution in [2.24, 2.45) is 0 Å². The summed E-state index contributed by atoms with van der Waals surface area (Å²) in [6, 6.07) is 5.07. The van der Waals surface area contributed by atoms with E-state index in [-0.39, 0.29) is 11.8 Å². The first-order chi connectivity index (χ1) is 11.5. The van der Waals surface area contributed by atoms with Gasteiger partial charge in [-0.3, -0.25) is 14.5 Å². The monoisotopic (exact) mass is 371 g/mol. The van der Waals surface area contributed by atoms with Gasteiger partial charge in [0.1, 0.15) is 0 Å². The molecule has 1 fully saturated rings. The third-order valence-electron chi connectivity index (χ3n) is 4.32. The SMILES string of the molecule is CCN(CC)C(=O)CN1CCN(C(=O)c2cccc(Cl)c2Cl)CC1. The van der Waals surface area contributed by atoms with E-state index in [2.05, 4.69) is 4.90 Å². The van der Waals surface area contributed by atoms with Crippen LogP contribution in [0.4, 0.5) is 0 Å². The van der Waals surface area contributed by atoms with Gasteiger partial charge in [0, 0.05) is 39.3 Å². The van der Waals surface area contributed by atoms with E-state index < -0.39 is 0 Å². The van der Waals surface area contributed by atoms with Gasteiger partial charge in [0.15, 0.2) is 0 Å². The van der Waals surface area contributed by atoms with Crippen molar-refractivity contribution in [1.82, 2.24) is 14.7 Å². The summed E-state index contributed by atoms with van der Waals surface area (Å²) < 4.78 is 0. The van der Waals surface area contributed by atoms with E-state index in [0.29, 0.717) is 48.3 Å². The van der Waals surface area contributed by atoms with E-state index in [1.54, 1.807) is 23.1 Å². The third-order valence-corrected chi connectivity index (χ3v) is 5.14. The molecule has 1 heterocycles. The number of benzene rings is 1. The summed E-state index contributed by atoms with van der Waals surface area (Å²) in [5.41, 5.74) is 0.428. The van der Waals surface area contributed by atoms with E-state index in [0.717, 1.165) is 13.1 Å². The average Bonchev–Trinajstić information content (AvgIpc) is 2.58. The molecule has 0 spiro atoms. The molecule has 2 rings (SSSR count). The molecule has 132 valence electrons. The Bertz CT molecular complexity index is 597. The second kappa shape index (κ2) is 8.70. The molecule has 0 bridgehead atoms. The summed E-state index contributed by atoms with van der Waals surface area (Å²) in [5, 5.41) is 0.675. The highest BCUT2D eigenvalue weighted by atomic mass is 35.5. The van der Waals surface area contributed by atoms with Crippen LogP contribution in [0.15, 0.2) is 18.2 Å². The lowest BCUT2D eigenvalue weighted by molar-refractivity contribution is -0.132. The van der Waals surface area contributed by atoms with Crippen LogP contribution < -0.4 is 0 Å². The number of likely N-dealkylation sites (N-methyl/N-ethyl adjacent to an activating group) is 1. The molecule has 5 nitrogen and oxygen atoms in total. The van der Waals surface area contributed by atoms with Gasteiger partial charge in [-0.05, 0) is 26.0 Å². The second-order valence-electron chi connectivity index (χ2n) is 5.74. The number of piperazine rings is 1. The Labute approximate surface area is 153 Å². The molecule has 0 atom stereocenters. The predicted octanol–water partition coefficient (Wildman–Crippen LogP) is 2.62. The van der Waals surface area contributed by atoms with Crippen molar-refractivity contribution in [1.29, 1.82) is 0 Å². The highest BCUT2D eigenvalue weighted by molar-refractivity contribution is 6.43. The molecule has 2 amide bonds. The zero-order valence-corrected chi connectivity index (χ0v) is 15.6. The molecule has 1 aliphatic rings. The highest BCUT2D eigenvalue weighted by Crippen LogP contribution is 2.26. The molecule has 1 aliphatic heterocycles. The summed E-state index contributed by atoms with van der Waals surface area (Å²) in [4.78, 5) is 30.4. The largest absolute Gasteiger partial charge is 0.342 e. The van der Waals surface area contributed by atoms with Crippen molar-refractivity contribution in [2.45, 2.75) is 13.8 Å². The van der Waals surface area contributed by atoms with Crippen LogP contribution in [0, 0.1) is 0 Å². The smallest absolute Gasteiger partial charge is 0.255 e. The summed E-state index contributed by atoms with van der Waals surface area (Å²) >= 11 is 12.1. The molecule has 0 N–H and O–H groups in total. The molecule has 0 saturated carbocycles. The zero-order chi connectivity index (χ0) is 17.7. The van der Waals surface area contributed by atoms with Gasteiger partial charge in [-0.15, -0.1) is 0 Å². The molecule has 0 radical (unpaired) electrons. The van der Waals surface area contributed by atoms with Gasteiger partial charge in [-0.1, -0.05) is 29.3 Å². The van der Waals surface area contributed by atoms with Crippen LogP contribution in [0.3, 0.4) is 0 Å². The van der Waals surface area contributed by atoms with Crippen molar-refractivity contribution in [3.63, 3.8) is 0 Å². The number of carbonyl (C=O) groups is 2. The summed E-state index contributed by atoms with van der Waals surface area (Å²) in [7, 11) is 0. The van der Waals surface area contributed by atoms with Crippen molar-refractivity contribution < 1.29 is 9.59 Å². The quantitative estimate of drug-likeness (QED) is 0.798. The van der Waals surface area contributed by atoms with E-state index in [9.17, 15) is 9.59 Å². The Hall–Kier alpha value is -1.30. The lowest BCUT2D eigenvalue weighted by atomic mass is 10.1. The Morgan fingerprint density at radius 3 is 2.29 bits per heavy atom. The van der Waals surface area contributed by atoms with Gasteiger partial charge >= 0.3 is 0 Å². The van der Waals surface area contributed by atoms with Gasteiger partial charge in [-0.2, -0.15) is 0 Å². The first kappa shape index (κ1) is 19.0. The minimum atomic E-state index is -0.114. The van der Waals surface area contributed by atoms with E-state index in [1.165, 1.54) is 0 Å². The number of amides is 2. The number of hydrogen-bond donors (Lipinski definition) is 0. The summed E-state index contributed by atoms with van der Waals surface area (Å²) in [6.45, 7) is 8.32. The molecular weight excluding hydrogens is 349 g/mol. The van der Waals surface area contributed by atoms with Crippen LogP contribution in [0.5, 0.6) is 0 Å². The van der Waals surface area contributed by atoms with Crippen LogP contribution in [0.2, 0.25) is 10.0 Å². The van der Waals surface area contributed by atoms with Gasteiger partial charge in [0.2, 0.25) is 5.91 Å². The van der Waals surface area contributed by atoms with Gasteiger partial charge < -0.3 is 9.80 Å². The van der Waals surface area contributed by atoms with Crippen molar-refractivity contribution >= 4 is 35.0 Å². The van der Waals surface area contributed by atoms with Crippen LogP contribution in [0.25, 0.3) is 0 Å². The summed E-state index contributed by atoms with van der Waals surface area (Å²) in [5.74, 6) is 0.0230. The standard InChI is InChI=1S/C17H23Cl2N3O2/c1-3-21(4-2)15(23)12-20-8-10-22(11-9-20)17(24)13-6-5-7-14(18)16(13)19/h5-7H,3-4,8-12H2,1-2H3. The zero-order valence-electron chi connectivity index (χ0n) is 14.1. The van der Waals surface area contributed by atoms with Crippen LogP contribution in [0.1, 0.15) is 24.2 Å². The van der Waals surface area contributed by atoms with Crippen LogP contribution in [-0.4, -0.2) is 72.3 Å². The molecule has 0 aliphatic carbocycles. The molecular formula is C17H23Cl2N3O2. The van der Waals surface area contributed by atoms with Crippen molar-refractivity contribution in [3.8, 4) is 0 Å². The molecule has 1 saturated heterocycles. The van der Waals surface area contributed by atoms with Gasteiger partial charge in [-0.25, -0.2) is 0 Å². The molecule has 1 aromatic rings. The summed E-state index contributed by atoms with van der Waals surface area (Å²) in [6.07, 6.45) is 0. The Kier molecular flexibility index (Phi) is 6.90. The molecule has 7 heteroatoms. The van der Waals surface area contributed by atoms with Crippen LogP contribution in [-0.2, 0) is 4.79 Å². The second-order valence-corrected chi connectivity index (χ2v) is 6.52. The van der Waals surface area contributed by atoms with Gasteiger partial charge in [0.25, 0.3) is 5.91 Å². The fourth-order valence-corrected chi connectivity index (χ4v) is 3.20. The van der Waals surface area contributed by atoms with E-state index in [4.69, 9.17) is 23.2 Å². The number of carbonyl (C=O) groups excluding carboxylic acids is 2. The van der Waals surface area contributed by atoms with Crippen molar-refractivity contribution in [3.05, 3.63) is 33.8 Å². The maximum atomic E-state index is 12.6. The minimum Gasteiger partial charge on any atom is -0.342 e. The highest BCUT2D eigenvalue weighted by Gasteiger charge is 2.25. The predicted molar refractivity (Wildman–Crippen MR) is 96.7 cm³/mol. The maximum Gasteiger partial charge on any atom is 0.255 e. The first-order valence-corrected chi connectivity index (χ1v) is 8.96. The van der Waals surface area contributed by atoms with Crippen LogP contribution >= 0.6 is 23.2 Å². The number of nitrogens with zero attached hydrogens (tertiary/aromatic N) is 3. The molecule has 0 aromatic heterocycles. The third kappa shape index (κ3) is 4.41. The minimum absolute atomic E-state index is 0.114.